The van der Waals surface area contributed by atoms with Crippen molar-refractivity contribution in [2.24, 2.45) is 10.2 Å². The molecule has 6 nitrogen and oxygen atoms in total. The van der Waals surface area contributed by atoms with Gasteiger partial charge in [0.25, 0.3) is 10.1 Å². The highest BCUT2D eigenvalue weighted by atomic mass is 32.2. The molecule has 0 aliphatic heterocycles. The van der Waals surface area contributed by atoms with Gasteiger partial charge in [-0.25, -0.2) is 4.39 Å². The lowest BCUT2D eigenvalue weighted by Gasteiger charge is -2.09. The second-order valence-electron chi connectivity index (χ2n) is 4.98. The van der Waals surface area contributed by atoms with Crippen molar-refractivity contribution in [2.75, 3.05) is 5.73 Å². The molecular weight excluding hydrogens is 333 g/mol. The largest absolute Gasteiger partial charge is 0.396 e. The van der Waals surface area contributed by atoms with Crippen LogP contribution in [-0.4, -0.2) is 13.0 Å². The number of rotatable bonds is 3. The zero-order valence-electron chi connectivity index (χ0n) is 12.2. The minimum Gasteiger partial charge on any atom is -0.396 e. The Labute approximate surface area is 137 Å². The average molecular weight is 345 g/mol. The van der Waals surface area contributed by atoms with E-state index in [-0.39, 0.29) is 27.3 Å². The monoisotopic (exact) mass is 345 g/mol. The Balaban J connectivity index is 2.22. The smallest absolute Gasteiger partial charge is 0.295 e. The van der Waals surface area contributed by atoms with Gasteiger partial charge in [-0.05, 0) is 18.2 Å². The molecule has 3 N–H and O–H groups in total. The molecule has 0 unspecified atom stereocenters. The first kappa shape index (κ1) is 16.0. The molecule has 0 bridgehead atoms. The van der Waals surface area contributed by atoms with E-state index in [1.165, 1.54) is 24.3 Å². The SMILES string of the molecule is Nc1c(/N=N/c2ccccc2F)cc(S(=O)(=O)O)c2ccccc12. The number of fused-ring (bicyclic) bond motifs is 1. The third kappa shape index (κ3) is 2.97. The Morgan fingerprint density at radius 1 is 0.917 bits per heavy atom. The van der Waals surface area contributed by atoms with E-state index in [4.69, 9.17) is 5.73 Å². The van der Waals surface area contributed by atoms with E-state index in [1.807, 2.05) is 0 Å². The maximum absolute atomic E-state index is 13.6. The number of nitrogens with zero attached hydrogens (tertiary/aromatic N) is 2. The van der Waals surface area contributed by atoms with Crippen LogP contribution < -0.4 is 5.73 Å². The quantitative estimate of drug-likeness (QED) is 0.421. The highest BCUT2D eigenvalue weighted by Gasteiger charge is 2.18. The molecule has 0 aliphatic rings. The van der Waals surface area contributed by atoms with Crippen molar-refractivity contribution in [3.8, 4) is 0 Å². The fraction of sp³-hybridized carbons (Fsp3) is 0. The summed E-state index contributed by atoms with van der Waals surface area (Å²) < 4.78 is 46.3. The average Bonchev–Trinajstić information content (AvgIpc) is 2.54. The molecule has 3 aromatic rings. The van der Waals surface area contributed by atoms with Gasteiger partial charge in [-0.3, -0.25) is 4.55 Å². The van der Waals surface area contributed by atoms with Gasteiger partial charge in [0, 0.05) is 10.8 Å². The molecule has 8 heteroatoms. The van der Waals surface area contributed by atoms with Gasteiger partial charge in [-0.1, -0.05) is 36.4 Å². The second kappa shape index (κ2) is 5.99. The summed E-state index contributed by atoms with van der Waals surface area (Å²) in [6.07, 6.45) is 0. The van der Waals surface area contributed by atoms with E-state index >= 15 is 0 Å². The third-order valence-corrected chi connectivity index (χ3v) is 4.32. The van der Waals surface area contributed by atoms with Gasteiger partial charge in [-0.15, -0.1) is 10.2 Å². The van der Waals surface area contributed by atoms with Crippen LogP contribution in [0.1, 0.15) is 0 Å². The summed E-state index contributed by atoms with van der Waals surface area (Å²) in [6.45, 7) is 0. The number of halogens is 1. The molecule has 0 aliphatic carbocycles. The van der Waals surface area contributed by atoms with Gasteiger partial charge in [-0.2, -0.15) is 8.42 Å². The van der Waals surface area contributed by atoms with E-state index in [2.05, 4.69) is 10.2 Å². The fourth-order valence-electron chi connectivity index (χ4n) is 2.29. The summed E-state index contributed by atoms with van der Waals surface area (Å²) in [5, 5.41) is 8.27. The van der Waals surface area contributed by atoms with Crippen molar-refractivity contribution < 1.29 is 17.4 Å². The first-order chi connectivity index (χ1) is 11.4. The van der Waals surface area contributed by atoms with E-state index in [0.717, 1.165) is 6.07 Å². The number of hydrogen-bond acceptors (Lipinski definition) is 5. The Kier molecular flexibility index (Phi) is 4.00. The van der Waals surface area contributed by atoms with Crippen molar-refractivity contribution in [1.29, 1.82) is 0 Å². The molecule has 3 aromatic carbocycles. The summed E-state index contributed by atoms with van der Waals surface area (Å²) in [5.74, 6) is -0.574. The van der Waals surface area contributed by atoms with Gasteiger partial charge in [0.05, 0.1) is 5.69 Å². The van der Waals surface area contributed by atoms with E-state index < -0.39 is 15.9 Å². The van der Waals surface area contributed by atoms with Gasteiger partial charge >= 0.3 is 0 Å². The normalized spacial score (nSPS) is 12.1. The standard InChI is InChI=1S/C16H12FN3O3S/c17-12-7-3-4-8-13(12)19-20-14-9-15(24(21,22)23)10-5-1-2-6-11(10)16(14)18/h1-9H,18H2,(H,21,22,23)/b20-19+. The summed E-state index contributed by atoms with van der Waals surface area (Å²) in [4.78, 5) is -0.338. The van der Waals surface area contributed by atoms with Crippen LogP contribution in [0.5, 0.6) is 0 Å². The molecule has 0 amide bonds. The minimum absolute atomic E-state index is 0.0153. The number of nitrogen functional groups attached to an aromatic ring is 1. The number of benzene rings is 3. The summed E-state index contributed by atoms with van der Waals surface area (Å²) in [7, 11) is -4.49. The van der Waals surface area contributed by atoms with E-state index in [9.17, 15) is 17.4 Å². The molecule has 0 aromatic heterocycles. The topological polar surface area (TPSA) is 105 Å². The van der Waals surface area contributed by atoms with Crippen molar-refractivity contribution in [3.63, 3.8) is 0 Å². The first-order valence-electron chi connectivity index (χ1n) is 6.83. The molecule has 0 fully saturated rings. The predicted octanol–water partition coefficient (Wildman–Crippen LogP) is 4.22. The van der Waals surface area contributed by atoms with E-state index in [0.29, 0.717) is 5.39 Å². The van der Waals surface area contributed by atoms with Crippen LogP contribution in [-0.2, 0) is 10.1 Å². The van der Waals surface area contributed by atoms with Crippen LogP contribution in [0.2, 0.25) is 0 Å². The zero-order valence-corrected chi connectivity index (χ0v) is 13.0. The number of azo groups is 1. The second-order valence-corrected chi connectivity index (χ2v) is 6.37. The molecule has 0 saturated carbocycles. The van der Waals surface area contributed by atoms with Crippen molar-refractivity contribution in [1.82, 2.24) is 0 Å². The molecular formula is C16H12FN3O3S. The Hall–Kier alpha value is -2.84. The van der Waals surface area contributed by atoms with Crippen molar-refractivity contribution in [3.05, 3.63) is 60.4 Å². The highest BCUT2D eigenvalue weighted by Crippen LogP contribution is 2.36. The molecule has 122 valence electrons. The molecule has 0 spiro atoms. The molecule has 24 heavy (non-hydrogen) atoms. The maximum Gasteiger partial charge on any atom is 0.295 e. The van der Waals surface area contributed by atoms with Gasteiger partial charge in [0.1, 0.15) is 16.3 Å². The van der Waals surface area contributed by atoms with Crippen LogP contribution in [0.3, 0.4) is 0 Å². The van der Waals surface area contributed by atoms with Gasteiger partial charge < -0.3 is 5.73 Å². The van der Waals surface area contributed by atoms with Crippen molar-refractivity contribution in [2.45, 2.75) is 4.90 Å². The Morgan fingerprint density at radius 2 is 1.50 bits per heavy atom. The van der Waals surface area contributed by atoms with Gasteiger partial charge in [0.2, 0.25) is 0 Å². The van der Waals surface area contributed by atoms with Crippen LogP contribution >= 0.6 is 0 Å². The fourth-order valence-corrected chi connectivity index (χ4v) is 3.00. The lowest BCUT2D eigenvalue weighted by atomic mass is 10.1. The predicted molar refractivity (Wildman–Crippen MR) is 88.8 cm³/mol. The number of nitrogens with two attached hydrogens (primary N) is 1. The maximum atomic E-state index is 13.6. The first-order valence-corrected chi connectivity index (χ1v) is 8.27. The minimum atomic E-state index is -4.49. The van der Waals surface area contributed by atoms with Crippen LogP contribution in [0, 0.1) is 5.82 Å². The Bertz CT molecular complexity index is 1070. The van der Waals surface area contributed by atoms with Gasteiger partial charge in [0.15, 0.2) is 5.82 Å². The zero-order chi connectivity index (χ0) is 17.3. The molecule has 0 radical (unpaired) electrons. The van der Waals surface area contributed by atoms with E-state index in [1.54, 1.807) is 24.3 Å². The molecule has 0 atom stereocenters. The van der Waals surface area contributed by atoms with Crippen LogP contribution in [0.15, 0.2) is 69.7 Å². The molecule has 0 saturated heterocycles. The summed E-state index contributed by atoms with van der Waals surface area (Å²) >= 11 is 0. The number of anilines is 1. The lowest BCUT2D eigenvalue weighted by molar-refractivity contribution is 0.484. The molecule has 3 rings (SSSR count). The lowest BCUT2D eigenvalue weighted by Crippen LogP contribution is -2.01. The van der Waals surface area contributed by atoms with Crippen LogP contribution in [0.25, 0.3) is 10.8 Å². The summed E-state index contributed by atoms with van der Waals surface area (Å²) in [5.41, 5.74) is 6.19. The summed E-state index contributed by atoms with van der Waals surface area (Å²) in [6, 6.07) is 13.3. The van der Waals surface area contributed by atoms with Crippen LogP contribution in [0.4, 0.5) is 21.5 Å². The van der Waals surface area contributed by atoms with Crippen molar-refractivity contribution >= 4 is 38.0 Å². The highest BCUT2D eigenvalue weighted by molar-refractivity contribution is 7.86. The molecule has 0 heterocycles. The third-order valence-electron chi connectivity index (χ3n) is 3.42. The Morgan fingerprint density at radius 3 is 2.17 bits per heavy atom. The number of hydrogen-bond donors (Lipinski definition) is 2.